The first-order valence-corrected chi connectivity index (χ1v) is 14.6. The van der Waals surface area contributed by atoms with Gasteiger partial charge in [0.05, 0.1) is 13.2 Å². The monoisotopic (exact) mass is 588 g/mol. The molecule has 0 aromatic heterocycles. The molecule has 13 nitrogen and oxygen atoms in total. The summed E-state index contributed by atoms with van der Waals surface area (Å²) in [5.74, 6) is -4.74. The van der Waals surface area contributed by atoms with Crippen LogP contribution in [0.1, 0.15) is 89.9 Å². The summed E-state index contributed by atoms with van der Waals surface area (Å²) in [6.07, 6.45) is 4.89. The summed E-state index contributed by atoms with van der Waals surface area (Å²) < 4.78 is 20.0. The third kappa shape index (κ3) is 11.4. The van der Waals surface area contributed by atoms with Crippen LogP contribution in [0, 0.1) is 0 Å². The summed E-state index contributed by atoms with van der Waals surface area (Å²) in [5.41, 5.74) is 0. The number of unbranched alkanes of at least 4 members (excludes halogenated alkanes) is 12. The maximum atomic E-state index is 12.0. The van der Waals surface area contributed by atoms with Gasteiger partial charge < -0.3 is 39.4 Å². The van der Waals surface area contributed by atoms with Gasteiger partial charge in [-0.3, -0.25) is 14.4 Å². The molecule has 0 bridgehead atoms. The fourth-order valence-corrected chi connectivity index (χ4v) is 4.80. The molecule has 4 N–H and O–H groups in total. The van der Waals surface area contributed by atoms with Crippen LogP contribution in [0.25, 0.3) is 0 Å². The van der Waals surface area contributed by atoms with E-state index in [-0.39, 0.29) is 13.0 Å². The van der Waals surface area contributed by atoms with Crippen LogP contribution >= 0.6 is 0 Å². The van der Waals surface area contributed by atoms with Crippen LogP contribution in [0.15, 0.2) is 0 Å². The van der Waals surface area contributed by atoms with Gasteiger partial charge in [0, 0.05) is 13.0 Å². The molecule has 0 aromatic rings. The van der Waals surface area contributed by atoms with Gasteiger partial charge in [0.2, 0.25) is 6.10 Å². The van der Waals surface area contributed by atoms with E-state index in [4.69, 9.17) is 29.2 Å². The molecule has 2 heterocycles. The molecule has 6 atom stereocenters. The number of ketones is 2. The maximum Gasteiger partial charge on any atom is 0.379 e. The summed E-state index contributed by atoms with van der Waals surface area (Å²) in [7, 11) is 0. The molecule has 0 aliphatic carbocycles. The Labute approximate surface area is 239 Å². The molecule has 0 spiro atoms. The number of rotatable bonds is 22. The third-order valence-electron chi connectivity index (χ3n) is 7.22. The Morgan fingerprint density at radius 3 is 1.49 bits per heavy atom. The lowest BCUT2D eigenvalue weighted by Gasteiger charge is -2.20. The van der Waals surface area contributed by atoms with E-state index in [1.165, 1.54) is 0 Å². The Hall–Kier alpha value is -2.45. The summed E-state index contributed by atoms with van der Waals surface area (Å²) in [5, 5.41) is 37.4. The molecule has 2 saturated heterocycles. The zero-order chi connectivity index (χ0) is 30.2. The molecular weight excluding hydrogens is 544 g/mol. The summed E-state index contributed by atoms with van der Waals surface area (Å²) in [6, 6.07) is 0. The van der Waals surface area contributed by atoms with Gasteiger partial charge in [0.15, 0.2) is 18.3 Å². The second kappa shape index (κ2) is 18.9. The standard InChI is InChI=1S/C28H44O13/c29-16-18(31)23-25(21(34)27(36)40-23)38-15-13-11-9-7-5-3-1-2-4-6-8-10-12-14-20(33)39-26-22(35)28(37)41-24(26)19(32)17-30/h18-19,23-26,29-32H,1-17H2/t18-,19-,23+,24+,25?,26?/m0/s1. The molecule has 234 valence electrons. The third-order valence-corrected chi connectivity index (χ3v) is 7.22. The minimum atomic E-state index is -1.52. The van der Waals surface area contributed by atoms with Crippen LogP contribution in [0.3, 0.4) is 0 Å². The van der Waals surface area contributed by atoms with Gasteiger partial charge in [0.1, 0.15) is 12.2 Å². The van der Waals surface area contributed by atoms with Crippen molar-refractivity contribution in [3.63, 3.8) is 0 Å². The van der Waals surface area contributed by atoms with Crippen molar-refractivity contribution in [2.24, 2.45) is 0 Å². The van der Waals surface area contributed by atoms with Crippen LogP contribution < -0.4 is 0 Å². The largest absolute Gasteiger partial charge is 0.450 e. The molecular formula is C28H44O13. The number of hydrogen-bond donors (Lipinski definition) is 4. The molecule has 41 heavy (non-hydrogen) atoms. The van der Waals surface area contributed by atoms with E-state index in [1.54, 1.807) is 0 Å². The Balaban J connectivity index is 1.39. The van der Waals surface area contributed by atoms with Gasteiger partial charge in [-0.1, -0.05) is 70.6 Å². The van der Waals surface area contributed by atoms with Crippen molar-refractivity contribution in [3.8, 4) is 0 Å². The molecule has 13 heteroatoms. The first kappa shape index (κ1) is 34.7. The Morgan fingerprint density at radius 2 is 1.02 bits per heavy atom. The lowest BCUT2D eigenvalue weighted by Crippen LogP contribution is -2.41. The quantitative estimate of drug-likeness (QED) is 0.0587. The van der Waals surface area contributed by atoms with Crippen molar-refractivity contribution in [2.45, 2.75) is 127 Å². The zero-order valence-electron chi connectivity index (χ0n) is 23.4. The number of esters is 3. The minimum Gasteiger partial charge on any atom is -0.450 e. The summed E-state index contributed by atoms with van der Waals surface area (Å²) in [4.78, 5) is 58.4. The molecule has 2 aliphatic rings. The van der Waals surface area contributed by atoms with Gasteiger partial charge in [-0.25, -0.2) is 9.59 Å². The smallest absolute Gasteiger partial charge is 0.379 e. The molecule has 2 unspecified atom stereocenters. The lowest BCUT2D eigenvalue weighted by molar-refractivity contribution is -0.160. The van der Waals surface area contributed by atoms with E-state index in [0.29, 0.717) is 6.42 Å². The second-order valence-corrected chi connectivity index (χ2v) is 10.5. The number of carbonyl (C=O) groups is 5. The number of hydrogen-bond acceptors (Lipinski definition) is 13. The number of carbonyl (C=O) groups excluding carboxylic acids is 5. The van der Waals surface area contributed by atoms with Crippen LogP contribution in [0.5, 0.6) is 0 Å². The predicted molar refractivity (Wildman–Crippen MR) is 140 cm³/mol. The van der Waals surface area contributed by atoms with Crippen molar-refractivity contribution in [2.75, 3.05) is 19.8 Å². The van der Waals surface area contributed by atoms with E-state index in [1.807, 2.05) is 0 Å². The van der Waals surface area contributed by atoms with Crippen molar-refractivity contribution in [3.05, 3.63) is 0 Å². The van der Waals surface area contributed by atoms with Gasteiger partial charge in [-0.05, 0) is 12.8 Å². The van der Waals surface area contributed by atoms with Crippen molar-refractivity contribution in [1.29, 1.82) is 0 Å². The highest BCUT2D eigenvalue weighted by Gasteiger charge is 2.50. The summed E-state index contributed by atoms with van der Waals surface area (Å²) in [6.45, 7) is -1.09. The fraction of sp³-hybridized carbons (Fsp3) is 0.821. The molecule has 0 radical (unpaired) electrons. The Morgan fingerprint density at radius 1 is 0.634 bits per heavy atom. The van der Waals surface area contributed by atoms with Crippen LogP contribution in [0.4, 0.5) is 0 Å². The van der Waals surface area contributed by atoms with Crippen LogP contribution in [-0.2, 0) is 42.9 Å². The normalized spacial score (nSPS) is 23.9. The van der Waals surface area contributed by atoms with Gasteiger partial charge >= 0.3 is 17.9 Å². The van der Waals surface area contributed by atoms with E-state index in [2.05, 4.69) is 0 Å². The fourth-order valence-electron chi connectivity index (χ4n) is 4.80. The maximum absolute atomic E-state index is 12.0. The minimum absolute atomic E-state index is 0.0895. The van der Waals surface area contributed by atoms with Gasteiger partial charge in [-0.2, -0.15) is 0 Å². The van der Waals surface area contributed by atoms with E-state index >= 15 is 0 Å². The summed E-state index contributed by atoms with van der Waals surface area (Å²) >= 11 is 0. The van der Waals surface area contributed by atoms with Crippen molar-refractivity contribution < 1.29 is 63.3 Å². The molecule has 2 rings (SSSR count). The van der Waals surface area contributed by atoms with Gasteiger partial charge in [0.25, 0.3) is 11.6 Å². The van der Waals surface area contributed by atoms with E-state index < -0.39 is 79.3 Å². The molecule has 2 fully saturated rings. The highest BCUT2D eigenvalue weighted by Crippen LogP contribution is 2.21. The van der Waals surface area contributed by atoms with E-state index in [0.717, 1.165) is 77.0 Å². The zero-order valence-corrected chi connectivity index (χ0v) is 23.4. The number of aliphatic hydroxyl groups is 4. The van der Waals surface area contributed by atoms with Crippen LogP contribution in [0.2, 0.25) is 0 Å². The molecule has 0 amide bonds. The van der Waals surface area contributed by atoms with Crippen molar-refractivity contribution >= 4 is 29.5 Å². The van der Waals surface area contributed by atoms with E-state index in [9.17, 15) is 34.2 Å². The number of Topliss-reactive ketones (excluding diaryl/α,β-unsaturated/α-hetero) is 2. The Kier molecular flexibility index (Phi) is 16.0. The Bertz CT molecular complexity index is 860. The average molecular weight is 589 g/mol. The molecule has 0 saturated carbocycles. The van der Waals surface area contributed by atoms with Crippen molar-refractivity contribution in [1.82, 2.24) is 0 Å². The van der Waals surface area contributed by atoms with Crippen LogP contribution in [-0.4, -0.2) is 106 Å². The highest BCUT2D eigenvalue weighted by molar-refractivity contribution is 6.38. The average Bonchev–Trinajstić information content (AvgIpc) is 3.41. The highest BCUT2D eigenvalue weighted by atomic mass is 16.6. The first-order valence-electron chi connectivity index (χ1n) is 14.6. The molecule has 2 aliphatic heterocycles. The number of cyclic esters (lactones) is 2. The first-order chi connectivity index (χ1) is 19.7. The lowest BCUT2D eigenvalue weighted by atomic mass is 10.0. The number of ether oxygens (including phenoxy) is 4. The predicted octanol–water partition coefficient (Wildman–Crippen LogP) is 0.440. The SMILES string of the molecule is O=C(CCCCCCCCCCCCCCCOC1C(=O)C(=O)O[C@@H]1[C@@H](O)CO)OC1C(=O)C(=O)O[C@@H]1[C@@H](O)CO. The topological polar surface area (TPSA) is 203 Å². The molecule has 0 aromatic carbocycles. The van der Waals surface area contributed by atoms with Gasteiger partial charge in [-0.15, -0.1) is 0 Å². The second-order valence-electron chi connectivity index (χ2n) is 10.5. The number of aliphatic hydroxyl groups excluding tert-OH is 4.